The van der Waals surface area contributed by atoms with Gasteiger partial charge in [0.25, 0.3) is 0 Å². The Hall–Kier alpha value is -2.85. The molecule has 0 spiro atoms. The van der Waals surface area contributed by atoms with Crippen LogP contribution in [0.5, 0.6) is 0 Å². The van der Waals surface area contributed by atoms with Crippen molar-refractivity contribution < 1.29 is 25.9 Å². The Kier molecular flexibility index (Phi) is 7.01. The van der Waals surface area contributed by atoms with Gasteiger partial charge in [-0.1, -0.05) is 62.9 Å². The Balaban J connectivity index is 0.00000272. The number of nitrogens with zero attached hydrogens (tertiary/aromatic N) is 5. The summed E-state index contributed by atoms with van der Waals surface area (Å²) in [6, 6.07) is 17.4. The first-order valence-corrected chi connectivity index (χ1v) is 9.94. The van der Waals surface area contributed by atoms with E-state index in [0.717, 1.165) is 33.5 Å². The van der Waals surface area contributed by atoms with Gasteiger partial charge in [0.2, 0.25) is 0 Å². The van der Waals surface area contributed by atoms with Gasteiger partial charge >= 0.3 is 21.1 Å². The molecule has 0 radical (unpaired) electrons. The van der Waals surface area contributed by atoms with Crippen LogP contribution in [-0.2, 0) is 32.9 Å². The van der Waals surface area contributed by atoms with E-state index in [1.165, 1.54) is 0 Å². The van der Waals surface area contributed by atoms with Crippen LogP contribution in [0.4, 0.5) is 0 Å². The fraction of sp³-hybridized carbons (Fsp3) is 0.250. The normalized spacial score (nSPS) is 11.2. The van der Waals surface area contributed by atoms with Crippen LogP contribution in [0.3, 0.4) is 0 Å². The Morgan fingerprint density at radius 3 is 2.55 bits per heavy atom. The van der Waals surface area contributed by atoms with Crippen molar-refractivity contribution in [3.05, 3.63) is 83.2 Å². The van der Waals surface area contributed by atoms with Crippen molar-refractivity contribution in [3.8, 4) is 11.4 Å². The summed E-state index contributed by atoms with van der Waals surface area (Å²) in [5.41, 5.74) is 3.64. The average molecular weight is 593 g/mol. The van der Waals surface area contributed by atoms with Crippen LogP contribution < -0.4 is 5.10 Å². The molecule has 1 amide bonds. The SMILES string of the molecule is CC(C)(C)c1cc(-c2nc(CC[N-]C(=O)c3ccccn3)cc3ccccc23)[n-]n1.[Pt+2]. The van der Waals surface area contributed by atoms with Crippen LogP contribution in [0, 0.1) is 0 Å². The van der Waals surface area contributed by atoms with Crippen molar-refractivity contribution in [2.24, 2.45) is 0 Å². The number of fused-ring (bicyclic) bond motifs is 1. The molecule has 0 aliphatic heterocycles. The van der Waals surface area contributed by atoms with Gasteiger partial charge in [-0.3, -0.25) is 9.97 Å². The molecule has 0 N–H and O–H groups in total. The first-order chi connectivity index (χ1) is 14.4. The second-order valence-corrected chi connectivity index (χ2v) is 8.20. The van der Waals surface area contributed by atoms with E-state index in [2.05, 4.69) is 47.3 Å². The zero-order valence-electron chi connectivity index (χ0n) is 17.6. The van der Waals surface area contributed by atoms with E-state index >= 15 is 0 Å². The Labute approximate surface area is 196 Å². The minimum Gasteiger partial charge on any atom is -0.647 e. The van der Waals surface area contributed by atoms with E-state index in [0.29, 0.717) is 18.7 Å². The van der Waals surface area contributed by atoms with Crippen LogP contribution in [-0.4, -0.2) is 27.5 Å². The molecule has 160 valence electrons. The Morgan fingerprint density at radius 1 is 1.06 bits per heavy atom. The molecule has 4 rings (SSSR count). The predicted molar refractivity (Wildman–Crippen MR) is 117 cm³/mol. The van der Waals surface area contributed by atoms with E-state index in [1.807, 2.05) is 30.3 Å². The second kappa shape index (κ2) is 9.52. The smallest absolute Gasteiger partial charge is 0.647 e. The number of hydrogen-bond donors (Lipinski definition) is 0. The van der Waals surface area contributed by atoms with Gasteiger partial charge in [-0.25, -0.2) is 0 Å². The van der Waals surface area contributed by atoms with E-state index in [9.17, 15) is 4.79 Å². The van der Waals surface area contributed by atoms with Gasteiger partial charge in [-0.2, -0.15) is 0 Å². The molecular formula is C24H23N5OPt. The molecular weight excluding hydrogens is 569 g/mol. The number of amides is 1. The number of carbonyl (C=O) groups is 1. The number of benzene rings is 1. The first kappa shape index (κ1) is 22.8. The summed E-state index contributed by atoms with van der Waals surface area (Å²) in [7, 11) is 0. The fourth-order valence-electron chi connectivity index (χ4n) is 3.20. The maximum Gasteiger partial charge on any atom is 2.00 e. The molecule has 0 saturated carbocycles. The summed E-state index contributed by atoms with van der Waals surface area (Å²) in [6.45, 7) is 6.69. The maximum absolute atomic E-state index is 12.2. The molecule has 31 heavy (non-hydrogen) atoms. The number of hydrogen-bond acceptors (Lipinski definition) is 4. The van der Waals surface area contributed by atoms with Crippen molar-refractivity contribution >= 4 is 16.7 Å². The quantitative estimate of drug-likeness (QED) is 0.336. The molecule has 0 saturated heterocycles. The van der Waals surface area contributed by atoms with Crippen molar-refractivity contribution in [2.75, 3.05) is 6.54 Å². The van der Waals surface area contributed by atoms with Gasteiger partial charge in [0.15, 0.2) is 0 Å². The maximum atomic E-state index is 12.2. The summed E-state index contributed by atoms with van der Waals surface area (Å²) in [6.07, 6.45) is 2.14. The topological polar surface area (TPSA) is 83.9 Å². The van der Waals surface area contributed by atoms with E-state index in [4.69, 9.17) is 4.98 Å². The van der Waals surface area contributed by atoms with E-state index in [-0.39, 0.29) is 32.4 Å². The molecule has 0 bridgehead atoms. The fourth-order valence-corrected chi connectivity index (χ4v) is 3.20. The van der Waals surface area contributed by atoms with Crippen LogP contribution in [0.25, 0.3) is 27.5 Å². The van der Waals surface area contributed by atoms with Crippen LogP contribution in [0.2, 0.25) is 0 Å². The van der Waals surface area contributed by atoms with Crippen LogP contribution in [0.15, 0.2) is 60.8 Å². The third-order valence-corrected chi connectivity index (χ3v) is 4.85. The van der Waals surface area contributed by atoms with Gasteiger partial charge in [-0.15, -0.1) is 6.54 Å². The van der Waals surface area contributed by atoms with Crippen molar-refractivity contribution in [1.82, 2.24) is 20.2 Å². The molecule has 0 unspecified atom stereocenters. The van der Waals surface area contributed by atoms with E-state index < -0.39 is 0 Å². The molecule has 0 atom stereocenters. The molecule has 0 aliphatic carbocycles. The summed E-state index contributed by atoms with van der Waals surface area (Å²) in [4.78, 5) is 21.1. The number of rotatable bonds is 5. The van der Waals surface area contributed by atoms with Gasteiger partial charge in [0.05, 0.1) is 11.4 Å². The van der Waals surface area contributed by atoms with Crippen molar-refractivity contribution in [1.29, 1.82) is 0 Å². The summed E-state index contributed by atoms with van der Waals surface area (Å²) in [5, 5.41) is 15.0. The number of carbonyl (C=O) groups excluding carboxylic acids is 1. The Bertz CT molecular complexity index is 1180. The van der Waals surface area contributed by atoms with Crippen LogP contribution in [0.1, 0.15) is 42.6 Å². The largest absolute Gasteiger partial charge is 2.00 e. The van der Waals surface area contributed by atoms with Gasteiger partial charge in [0.1, 0.15) is 5.91 Å². The molecule has 4 aromatic rings. The van der Waals surface area contributed by atoms with Gasteiger partial charge in [-0.05, 0) is 30.0 Å². The first-order valence-electron chi connectivity index (χ1n) is 9.94. The van der Waals surface area contributed by atoms with E-state index in [1.54, 1.807) is 24.4 Å². The summed E-state index contributed by atoms with van der Waals surface area (Å²) >= 11 is 0. The summed E-state index contributed by atoms with van der Waals surface area (Å²) < 4.78 is 0. The zero-order chi connectivity index (χ0) is 21.1. The van der Waals surface area contributed by atoms with Crippen molar-refractivity contribution in [3.63, 3.8) is 0 Å². The minimum absolute atomic E-state index is 0. The average Bonchev–Trinajstić information content (AvgIpc) is 3.24. The molecule has 3 aromatic heterocycles. The molecule has 6 nitrogen and oxygen atoms in total. The minimum atomic E-state index is -0.312. The monoisotopic (exact) mass is 592 g/mol. The third kappa shape index (κ3) is 5.26. The Morgan fingerprint density at radius 2 is 1.84 bits per heavy atom. The van der Waals surface area contributed by atoms with Gasteiger partial charge in [0, 0.05) is 28.4 Å². The molecule has 1 aromatic carbocycles. The zero-order valence-corrected chi connectivity index (χ0v) is 19.9. The molecule has 7 heteroatoms. The van der Waals surface area contributed by atoms with Crippen LogP contribution >= 0.6 is 0 Å². The molecule has 3 heterocycles. The number of pyridine rings is 2. The molecule has 0 aliphatic rings. The second-order valence-electron chi connectivity index (χ2n) is 8.20. The van der Waals surface area contributed by atoms with Crippen molar-refractivity contribution in [2.45, 2.75) is 32.6 Å². The molecule has 0 fully saturated rings. The predicted octanol–water partition coefficient (Wildman–Crippen LogP) is 4.70. The summed E-state index contributed by atoms with van der Waals surface area (Å²) in [5.74, 6) is -0.312. The van der Waals surface area contributed by atoms with Gasteiger partial charge < -0.3 is 20.3 Å². The number of aromatic nitrogens is 4. The standard InChI is InChI=1S/C24H24N5O.Pt/c1-24(2,3)21-15-20(28-29-21)22-18-9-5-4-8-16(18)14-17(27-22)11-13-26-23(30)19-10-6-7-12-25-19;/h4-10,12,14-15H,11,13H2,1-3H3,(H-,26,27,28,29,30);/q-1;+2/p-1. The third-order valence-electron chi connectivity index (χ3n) is 4.85.